The zero-order chi connectivity index (χ0) is 21.7. The van der Waals surface area contributed by atoms with Crippen LogP contribution in [0.25, 0.3) is 10.8 Å². The van der Waals surface area contributed by atoms with E-state index in [1.165, 1.54) is 16.6 Å². The van der Waals surface area contributed by atoms with Gasteiger partial charge in [0.1, 0.15) is 29.2 Å². The van der Waals surface area contributed by atoms with Gasteiger partial charge < -0.3 is 19.9 Å². The Balaban J connectivity index is 1.31. The number of ether oxygens (including phenoxy) is 2. The minimum atomic E-state index is -3.57. The Bertz CT molecular complexity index is 1110. The lowest BCUT2D eigenvalue weighted by Gasteiger charge is -2.25. The van der Waals surface area contributed by atoms with Crippen LogP contribution in [0.5, 0.6) is 5.75 Å². The Morgan fingerprint density at radius 3 is 2.65 bits per heavy atom. The first-order chi connectivity index (χ1) is 15.0. The van der Waals surface area contributed by atoms with Gasteiger partial charge >= 0.3 is 0 Å². The van der Waals surface area contributed by atoms with Crippen molar-refractivity contribution in [2.45, 2.75) is 11.0 Å². The van der Waals surface area contributed by atoms with Gasteiger partial charge in [0.05, 0.1) is 13.2 Å². The van der Waals surface area contributed by atoms with E-state index in [2.05, 4.69) is 10.3 Å². The number of nitrogens with one attached hydrogen (secondary N) is 1. The molecule has 2 aromatic carbocycles. The molecule has 0 radical (unpaired) electrons. The molecule has 9 heteroatoms. The van der Waals surface area contributed by atoms with Crippen molar-refractivity contribution in [1.29, 1.82) is 0 Å². The van der Waals surface area contributed by atoms with E-state index < -0.39 is 16.1 Å². The minimum Gasteiger partial charge on any atom is -0.490 e. The summed E-state index contributed by atoms with van der Waals surface area (Å²) in [6, 6.07) is 16.8. The van der Waals surface area contributed by atoms with E-state index >= 15 is 0 Å². The van der Waals surface area contributed by atoms with Crippen LogP contribution in [0, 0.1) is 0 Å². The van der Waals surface area contributed by atoms with Gasteiger partial charge in [0.2, 0.25) is 10.0 Å². The molecule has 1 unspecified atom stereocenters. The van der Waals surface area contributed by atoms with Crippen molar-refractivity contribution in [3.63, 3.8) is 0 Å². The second kappa shape index (κ2) is 9.61. The molecule has 1 saturated heterocycles. The second-order valence-corrected chi connectivity index (χ2v) is 9.16. The molecule has 1 fully saturated rings. The molecular formula is C22H25N3O5S. The largest absolute Gasteiger partial charge is 0.490 e. The molecule has 0 aliphatic carbocycles. The first-order valence-electron chi connectivity index (χ1n) is 10.1. The van der Waals surface area contributed by atoms with Crippen LogP contribution in [0.3, 0.4) is 0 Å². The number of hydrogen-bond donors (Lipinski definition) is 2. The van der Waals surface area contributed by atoms with E-state index in [1.807, 2.05) is 42.5 Å². The van der Waals surface area contributed by atoms with Crippen molar-refractivity contribution >= 4 is 26.6 Å². The average molecular weight is 444 g/mol. The van der Waals surface area contributed by atoms with E-state index in [0.29, 0.717) is 37.9 Å². The quantitative estimate of drug-likeness (QED) is 0.550. The summed E-state index contributed by atoms with van der Waals surface area (Å²) in [4.78, 5) is 4.31. The number of rotatable bonds is 8. The molecule has 0 saturated carbocycles. The molecule has 0 spiro atoms. The van der Waals surface area contributed by atoms with Crippen molar-refractivity contribution in [3.8, 4) is 5.75 Å². The van der Waals surface area contributed by atoms with Gasteiger partial charge in [-0.3, -0.25) is 0 Å². The van der Waals surface area contributed by atoms with Crippen LogP contribution >= 0.6 is 0 Å². The van der Waals surface area contributed by atoms with Crippen LogP contribution in [0.1, 0.15) is 0 Å². The normalized spacial score (nSPS) is 16.2. The Kier molecular flexibility index (Phi) is 6.67. The van der Waals surface area contributed by atoms with Crippen LogP contribution in [-0.2, 0) is 14.8 Å². The number of morpholine rings is 1. The summed E-state index contributed by atoms with van der Waals surface area (Å²) in [5.74, 6) is 1.19. The molecule has 31 heavy (non-hydrogen) atoms. The number of benzene rings is 2. The fraction of sp³-hybridized carbons (Fsp3) is 0.318. The van der Waals surface area contributed by atoms with Crippen molar-refractivity contribution < 1.29 is 23.0 Å². The molecule has 2 heterocycles. The van der Waals surface area contributed by atoms with E-state index in [1.54, 1.807) is 6.07 Å². The molecule has 1 atom stereocenters. The number of aliphatic hydroxyl groups excluding tert-OH is 1. The number of fused-ring (bicyclic) bond motifs is 1. The van der Waals surface area contributed by atoms with Gasteiger partial charge in [0.15, 0.2) is 0 Å². The average Bonchev–Trinajstić information content (AvgIpc) is 2.82. The lowest BCUT2D eigenvalue weighted by atomic mass is 10.1. The second-order valence-electron chi connectivity index (χ2n) is 7.22. The minimum absolute atomic E-state index is 0.116. The molecule has 8 nitrogen and oxygen atoms in total. The number of hydrogen-bond acceptors (Lipinski definition) is 7. The molecule has 1 aliphatic heterocycles. The maximum atomic E-state index is 12.6. The van der Waals surface area contributed by atoms with Crippen LogP contribution in [0.4, 0.5) is 5.82 Å². The summed E-state index contributed by atoms with van der Waals surface area (Å²) in [5, 5.41) is 15.3. The zero-order valence-electron chi connectivity index (χ0n) is 17.0. The fourth-order valence-electron chi connectivity index (χ4n) is 3.36. The lowest BCUT2D eigenvalue weighted by Crippen LogP contribution is -2.40. The summed E-state index contributed by atoms with van der Waals surface area (Å²) in [5.41, 5.74) is 0. The standard InChI is InChI=1S/C22H25N3O5S/c26-18(16-30-21-7-3-5-17-4-1-2-6-20(17)21)14-23-22-9-8-19(15-24-22)31(27,28)25-10-12-29-13-11-25/h1-9,15,18,26H,10-14,16H2,(H,23,24). The number of nitrogens with zero attached hydrogens (tertiary/aromatic N) is 2. The zero-order valence-corrected chi connectivity index (χ0v) is 17.8. The monoisotopic (exact) mass is 443 g/mol. The smallest absolute Gasteiger partial charge is 0.244 e. The van der Waals surface area contributed by atoms with Crippen LogP contribution in [0.2, 0.25) is 0 Å². The number of aliphatic hydroxyl groups is 1. The highest BCUT2D eigenvalue weighted by molar-refractivity contribution is 7.89. The van der Waals surface area contributed by atoms with Crippen LogP contribution in [-0.4, -0.2) is 68.4 Å². The first kappa shape index (κ1) is 21.5. The van der Waals surface area contributed by atoms with Gasteiger partial charge in [-0.05, 0) is 23.6 Å². The summed E-state index contributed by atoms with van der Waals surface area (Å²) < 4.78 is 37.7. The Hall–Kier alpha value is -2.72. The van der Waals surface area contributed by atoms with Gasteiger partial charge in [-0.15, -0.1) is 0 Å². The number of pyridine rings is 1. The van der Waals surface area contributed by atoms with E-state index in [0.717, 1.165) is 10.8 Å². The topological polar surface area (TPSA) is 101 Å². The lowest BCUT2D eigenvalue weighted by molar-refractivity contribution is 0.0730. The van der Waals surface area contributed by atoms with Crippen LogP contribution < -0.4 is 10.1 Å². The fourth-order valence-corrected chi connectivity index (χ4v) is 4.72. The summed E-state index contributed by atoms with van der Waals surface area (Å²) in [7, 11) is -3.57. The molecule has 2 N–H and O–H groups in total. The van der Waals surface area contributed by atoms with Crippen molar-refractivity contribution in [1.82, 2.24) is 9.29 Å². The SMILES string of the molecule is O=S(=O)(c1ccc(NCC(O)COc2cccc3ccccc23)nc1)N1CCOCC1. The molecule has 3 aromatic rings. The maximum absolute atomic E-state index is 12.6. The highest BCUT2D eigenvalue weighted by Crippen LogP contribution is 2.25. The Labute approximate surface area is 181 Å². The summed E-state index contributed by atoms with van der Waals surface area (Å²) in [6.45, 7) is 1.80. The Morgan fingerprint density at radius 2 is 1.87 bits per heavy atom. The number of anilines is 1. The molecule has 0 amide bonds. The molecule has 4 rings (SSSR count). The van der Waals surface area contributed by atoms with E-state index in [-0.39, 0.29) is 18.0 Å². The first-order valence-corrected chi connectivity index (χ1v) is 11.5. The number of aromatic nitrogens is 1. The summed E-state index contributed by atoms with van der Waals surface area (Å²) in [6.07, 6.45) is 0.559. The summed E-state index contributed by atoms with van der Waals surface area (Å²) >= 11 is 0. The molecule has 1 aliphatic rings. The van der Waals surface area contributed by atoms with Crippen LogP contribution in [0.15, 0.2) is 65.7 Å². The van der Waals surface area contributed by atoms with Gasteiger partial charge in [-0.2, -0.15) is 4.31 Å². The molecular weight excluding hydrogens is 418 g/mol. The van der Waals surface area contributed by atoms with Crippen molar-refractivity contribution in [3.05, 3.63) is 60.8 Å². The highest BCUT2D eigenvalue weighted by atomic mass is 32.2. The predicted octanol–water partition coefficient (Wildman–Crippen LogP) is 2.11. The molecule has 0 bridgehead atoms. The third-order valence-electron chi connectivity index (χ3n) is 5.04. The van der Waals surface area contributed by atoms with Gasteiger partial charge in [-0.1, -0.05) is 36.4 Å². The molecule has 1 aromatic heterocycles. The van der Waals surface area contributed by atoms with E-state index in [9.17, 15) is 13.5 Å². The Morgan fingerprint density at radius 1 is 1.10 bits per heavy atom. The number of sulfonamides is 1. The van der Waals surface area contributed by atoms with Gasteiger partial charge in [0.25, 0.3) is 0 Å². The van der Waals surface area contributed by atoms with Crippen molar-refractivity contribution in [2.75, 3.05) is 44.8 Å². The molecule has 164 valence electrons. The van der Waals surface area contributed by atoms with Gasteiger partial charge in [0, 0.05) is 31.2 Å². The van der Waals surface area contributed by atoms with E-state index in [4.69, 9.17) is 9.47 Å². The third kappa shape index (κ3) is 5.13. The predicted molar refractivity (Wildman–Crippen MR) is 118 cm³/mol. The maximum Gasteiger partial charge on any atom is 0.244 e. The third-order valence-corrected chi connectivity index (χ3v) is 6.93. The van der Waals surface area contributed by atoms with Crippen molar-refractivity contribution in [2.24, 2.45) is 0 Å². The van der Waals surface area contributed by atoms with Gasteiger partial charge in [-0.25, -0.2) is 13.4 Å². The highest BCUT2D eigenvalue weighted by Gasteiger charge is 2.26.